The second-order valence-corrected chi connectivity index (χ2v) is 9.55. The molecule has 32 heavy (non-hydrogen) atoms. The summed E-state index contributed by atoms with van der Waals surface area (Å²) in [5.74, 6) is -1.28. The van der Waals surface area contributed by atoms with Gasteiger partial charge in [0.1, 0.15) is 17.2 Å². The van der Waals surface area contributed by atoms with E-state index in [1.54, 1.807) is 31.3 Å². The Morgan fingerprint density at radius 1 is 1.22 bits per heavy atom. The van der Waals surface area contributed by atoms with Crippen LogP contribution in [0, 0.1) is 5.92 Å². The minimum Gasteiger partial charge on any atom is -0.504 e. The van der Waals surface area contributed by atoms with Crippen molar-refractivity contribution in [1.29, 1.82) is 0 Å². The molecule has 1 aromatic carbocycles. The van der Waals surface area contributed by atoms with Crippen molar-refractivity contribution in [3.63, 3.8) is 0 Å². The fraction of sp³-hybridized carbons (Fsp3) is 0.364. The lowest BCUT2D eigenvalue weighted by Crippen LogP contribution is -2.44. The van der Waals surface area contributed by atoms with E-state index >= 15 is 0 Å². The largest absolute Gasteiger partial charge is 0.504 e. The first-order valence-electron chi connectivity index (χ1n) is 9.99. The van der Waals surface area contributed by atoms with Gasteiger partial charge in [-0.15, -0.1) is 11.8 Å². The number of carbonyl (C=O) groups is 3. The van der Waals surface area contributed by atoms with Gasteiger partial charge in [-0.1, -0.05) is 19.1 Å². The van der Waals surface area contributed by atoms with Crippen LogP contribution in [0.2, 0.25) is 0 Å². The van der Waals surface area contributed by atoms with Crippen LogP contribution in [0.15, 0.2) is 47.6 Å². The van der Waals surface area contributed by atoms with Crippen molar-refractivity contribution < 1.29 is 29.7 Å². The van der Waals surface area contributed by atoms with E-state index in [0.29, 0.717) is 22.2 Å². The van der Waals surface area contributed by atoms with Crippen molar-refractivity contribution in [1.82, 2.24) is 9.88 Å². The molecule has 8 nitrogen and oxygen atoms in total. The Morgan fingerprint density at radius 3 is 2.69 bits per heavy atom. The van der Waals surface area contributed by atoms with Crippen molar-refractivity contribution in [2.24, 2.45) is 5.92 Å². The molecule has 0 aliphatic carbocycles. The van der Waals surface area contributed by atoms with Crippen LogP contribution in [0.3, 0.4) is 0 Å². The normalized spacial score (nSPS) is 17.7. The number of rotatable bonds is 8. The molecule has 2 heterocycles. The smallest absolute Gasteiger partial charge is 0.227 e. The fourth-order valence-corrected chi connectivity index (χ4v) is 5.36. The summed E-state index contributed by atoms with van der Waals surface area (Å²) in [6.07, 6.45) is 0.0360. The molecular formula is C22H24N2O6S2. The second kappa shape index (κ2) is 10.8. The third-order valence-corrected chi connectivity index (χ3v) is 6.99. The number of nitrogens with zero attached hydrogens (tertiary/aromatic N) is 2. The molecule has 2 aromatic rings. The summed E-state index contributed by atoms with van der Waals surface area (Å²) in [6.45, 7) is 1.61. The topological polar surface area (TPSA) is 128 Å². The Bertz CT molecular complexity index is 988. The van der Waals surface area contributed by atoms with Crippen LogP contribution < -0.4 is 0 Å². The average molecular weight is 477 g/mol. The van der Waals surface area contributed by atoms with Crippen LogP contribution >= 0.6 is 23.5 Å². The number of benzene rings is 1. The van der Waals surface area contributed by atoms with Crippen LogP contribution in [0.4, 0.5) is 0 Å². The van der Waals surface area contributed by atoms with E-state index in [0.717, 1.165) is 11.8 Å². The monoisotopic (exact) mass is 476 g/mol. The van der Waals surface area contributed by atoms with Crippen molar-refractivity contribution in [2.45, 2.75) is 36.9 Å². The molecule has 1 amide bonds. The molecule has 1 aromatic heterocycles. The molecule has 170 valence electrons. The predicted molar refractivity (Wildman–Crippen MR) is 121 cm³/mol. The van der Waals surface area contributed by atoms with Crippen molar-refractivity contribution in [2.75, 3.05) is 11.6 Å². The number of ketones is 1. The molecule has 0 spiro atoms. The molecule has 3 N–H and O–H groups in total. The summed E-state index contributed by atoms with van der Waals surface area (Å²) in [7, 11) is 0. The first-order valence-corrected chi connectivity index (χ1v) is 12.0. The van der Waals surface area contributed by atoms with Crippen molar-refractivity contribution in [3.8, 4) is 11.5 Å². The van der Waals surface area contributed by atoms with E-state index in [9.17, 15) is 29.7 Å². The molecule has 3 rings (SSSR count). The maximum Gasteiger partial charge on any atom is 0.227 e. The Labute approximate surface area is 194 Å². The van der Waals surface area contributed by atoms with Crippen LogP contribution in [0.25, 0.3) is 0 Å². The lowest BCUT2D eigenvalue weighted by atomic mass is 9.96. The number of phenols is 2. The predicted octanol–water partition coefficient (Wildman–Crippen LogP) is 2.21. The molecule has 0 saturated carbocycles. The number of aliphatic hydroxyl groups is 1. The molecule has 10 heteroatoms. The van der Waals surface area contributed by atoms with Gasteiger partial charge in [0.15, 0.2) is 17.3 Å². The SMILES string of the molecule is CC(CC(=O)C(O)Cc1ccc(O)c(O)c1)C(=O)N1CSCC1C(=O)Sc1ccccn1. The molecule has 0 radical (unpaired) electrons. The molecule has 3 atom stereocenters. The van der Waals surface area contributed by atoms with Gasteiger partial charge in [-0.2, -0.15) is 0 Å². The van der Waals surface area contributed by atoms with Gasteiger partial charge in [-0.3, -0.25) is 14.4 Å². The summed E-state index contributed by atoms with van der Waals surface area (Å²) in [5.41, 5.74) is 0.480. The highest BCUT2D eigenvalue weighted by Gasteiger charge is 2.37. The highest BCUT2D eigenvalue weighted by atomic mass is 32.2. The summed E-state index contributed by atoms with van der Waals surface area (Å²) >= 11 is 2.47. The average Bonchev–Trinajstić information content (AvgIpc) is 3.26. The molecule has 1 fully saturated rings. The minimum atomic E-state index is -1.35. The van der Waals surface area contributed by atoms with Gasteiger partial charge in [0.25, 0.3) is 0 Å². The van der Waals surface area contributed by atoms with Gasteiger partial charge < -0.3 is 20.2 Å². The van der Waals surface area contributed by atoms with Crippen LogP contribution in [-0.4, -0.2) is 65.8 Å². The maximum atomic E-state index is 13.0. The van der Waals surface area contributed by atoms with E-state index < -0.39 is 23.8 Å². The van der Waals surface area contributed by atoms with E-state index in [2.05, 4.69) is 4.98 Å². The number of phenolic OH excluding ortho intramolecular Hbond substituents is 2. The Morgan fingerprint density at radius 2 is 2.00 bits per heavy atom. The number of hydrogen-bond donors (Lipinski definition) is 3. The Kier molecular flexibility index (Phi) is 8.16. The van der Waals surface area contributed by atoms with Crippen LogP contribution in [0.1, 0.15) is 18.9 Å². The molecule has 3 unspecified atom stereocenters. The third kappa shape index (κ3) is 6.02. The van der Waals surface area contributed by atoms with Crippen molar-refractivity contribution >= 4 is 40.3 Å². The number of pyridine rings is 1. The number of hydrogen-bond acceptors (Lipinski definition) is 9. The zero-order valence-corrected chi connectivity index (χ0v) is 19.0. The first kappa shape index (κ1) is 24.1. The van der Waals surface area contributed by atoms with E-state index in [4.69, 9.17) is 0 Å². The van der Waals surface area contributed by atoms with Crippen LogP contribution in [-0.2, 0) is 20.8 Å². The zero-order chi connectivity index (χ0) is 23.3. The van der Waals surface area contributed by atoms with Gasteiger partial charge in [0.2, 0.25) is 11.0 Å². The molecule has 1 aliphatic heterocycles. The lowest BCUT2D eigenvalue weighted by Gasteiger charge is -2.25. The number of amides is 1. The fourth-order valence-electron chi connectivity index (χ4n) is 3.27. The van der Waals surface area contributed by atoms with Gasteiger partial charge in [-0.25, -0.2) is 4.98 Å². The van der Waals surface area contributed by atoms with Crippen LogP contribution in [0.5, 0.6) is 11.5 Å². The maximum absolute atomic E-state index is 13.0. The summed E-state index contributed by atoms with van der Waals surface area (Å²) < 4.78 is 0. The number of Topliss-reactive ketones (excluding diaryl/α,β-unsaturated/α-hetero) is 1. The Hall–Kier alpha value is -2.56. The van der Waals surface area contributed by atoms with Gasteiger partial charge in [0, 0.05) is 30.7 Å². The number of thioether (sulfide) groups is 2. The number of aromatic hydroxyl groups is 2. The first-order chi connectivity index (χ1) is 15.3. The highest BCUT2D eigenvalue weighted by molar-refractivity contribution is 8.13. The number of carbonyl (C=O) groups excluding carboxylic acids is 3. The highest BCUT2D eigenvalue weighted by Crippen LogP contribution is 2.30. The van der Waals surface area contributed by atoms with E-state index in [1.807, 2.05) is 0 Å². The molecule has 0 bridgehead atoms. The Balaban J connectivity index is 1.56. The number of aromatic nitrogens is 1. The summed E-state index contributed by atoms with van der Waals surface area (Å²) in [4.78, 5) is 43.7. The van der Waals surface area contributed by atoms with E-state index in [-0.39, 0.29) is 35.4 Å². The van der Waals surface area contributed by atoms with Crippen molar-refractivity contribution in [3.05, 3.63) is 48.2 Å². The molecular weight excluding hydrogens is 452 g/mol. The minimum absolute atomic E-state index is 0.0467. The quantitative estimate of drug-likeness (QED) is 0.388. The third-order valence-electron chi connectivity index (χ3n) is 5.05. The van der Waals surface area contributed by atoms with Gasteiger partial charge >= 0.3 is 0 Å². The standard InChI is InChI=1S/C22H24N2O6S2/c1-13(8-17(26)19(28)10-14-5-6-16(25)18(27)9-14)21(29)24-12-31-11-15(24)22(30)32-20-4-2-3-7-23-20/h2-7,9,13,15,19,25,27-28H,8,10-12H2,1H3. The molecule has 1 aliphatic rings. The second-order valence-electron chi connectivity index (χ2n) is 7.53. The summed E-state index contributed by atoms with van der Waals surface area (Å²) in [5, 5.41) is 29.5. The van der Waals surface area contributed by atoms with Gasteiger partial charge in [-0.05, 0) is 41.6 Å². The lowest BCUT2D eigenvalue weighted by molar-refractivity contribution is -0.141. The van der Waals surface area contributed by atoms with E-state index in [1.165, 1.54) is 34.9 Å². The number of aliphatic hydroxyl groups excluding tert-OH is 1. The molecule has 1 saturated heterocycles. The van der Waals surface area contributed by atoms with Gasteiger partial charge in [0.05, 0.1) is 5.88 Å². The summed E-state index contributed by atoms with van der Waals surface area (Å²) in [6, 6.07) is 8.73. The zero-order valence-electron chi connectivity index (χ0n) is 17.4.